The number of tetrazole rings is 1. The number of phenolic OH excluding ortho intramolecular Hbond substituents is 1. The molecule has 2 aromatic carbocycles. The lowest BCUT2D eigenvalue weighted by atomic mass is 10.2. The number of rotatable bonds is 2. The van der Waals surface area contributed by atoms with Crippen LogP contribution < -0.4 is 5.73 Å². The molecule has 0 saturated heterocycles. The molecule has 0 spiro atoms. The Morgan fingerprint density at radius 3 is 2.68 bits per heavy atom. The molecule has 0 radical (unpaired) electrons. The van der Waals surface area contributed by atoms with Gasteiger partial charge >= 0.3 is 0 Å². The molecule has 94 valence electrons. The lowest BCUT2D eigenvalue weighted by Gasteiger charge is -2.05. The summed E-state index contributed by atoms with van der Waals surface area (Å²) in [6, 6.07) is 14.0. The molecule has 0 unspecified atom stereocenters. The highest BCUT2D eigenvalue weighted by Crippen LogP contribution is 2.22. The highest BCUT2D eigenvalue weighted by atomic mass is 16.3. The Labute approximate surface area is 109 Å². The summed E-state index contributed by atoms with van der Waals surface area (Å²) in [5, 5.41) is 21.1. The molecule has 0 fully saturated rings. The normalized spacial score (nSPS) is 10.5. The van der Waals surface area contributed by atoms with Crippen molar-refractivity contribution in [2.45, 2.75) is 0 Å². The van der Waals surface area contributed by atoms with Gasteiger partial charge in [-0.25, -0.2) is 0 Å². The Morgan fingerprint density at radius 2 is 1.89 bits per heavy atom. The maximum absolute atomic E-state index is 9.52. The molecule has 0 aliphatic heterocycles. The molecule has 1 aromatic heterocycles. The van der Waals surface area contributed by atoms with Crippen molar-refractivity contribution in [1.29, 1.82) is 0 Å². The third kappa shape index (κ3) is 2.11. The Hall–Kier alpha value is -2.89. The standard InChI is InChI=1S/C13H11N5O/c14-10-4-1-3-9(7-10)13-15-16-17-18(13)11-5-2-6-12(19)8-11/h1-8,19H,14H2. The average molecular weight is 253 g/mol. The van der Waals surface area contributed by atoms with E-state index in [1.807, 2.05) is 18.2 Å². The van der Waals surface area contributed by atoms with Crippen molar-refractivity contribution in [3.05, 3.63) is 48.5 Å². The SMILES string of the molecule is Nc1cccc(-c2nnnn2-c2cccc(O)c2)c1. The molecular formula is C13H11N5O. The van der Waals surface area contributed by atoms with Crippen molar-refractivity contribution in [2.24, 2.45) is 0 Å². The van der Waals surface area contributed by atoms with Crippen molar-refractivity contribution in [1.82, 2.24) is 20.2 Å². The monoisotopic (exact) mass is 253 g/mol. The van der Waals surface area contributed by atoms with Gasteiger partial charge in [0.2, 0.25) is 0 Å². The van der Waals surface area contributed by atoms with Crippen molar-refractivity contribution in [3.63, 3.8) is 0 Å². The van der Waals surface area contributed by atoms with Crippen LogP contribution in [0.1, 0.15) is 0 Å². The van der Waals surface area contributed by atoms with E-state index < -0.39 is 0 Å². The van der Waals surface area contributed by atoms with Crippen molar-refractivity contribution < 1.29 is 5.11 Å². The predicted molar refractivity (Wildman–Crippen MR) is 70.7 cm³/mol. The number of phenols is 1. The van der Waals surface area contributed by atoms with E-state index in [1.54, 1.807) is 35.0 Å². The van der Waals surface area contributed by atoms with Crippen LogP contribution in [0.15, 0.2) is 48.5 Å². The number of aromatic hydroxyl groups is 1. The van der Waals surface area contributed by atoms with Crippen molar-refractivity contribution >= 4 is 5.69 Å². The van der Waals surface area contributed by atoms with Gasteiger partial charge in [-0.1, -0.05) is 18.2 Å². The van der Waals surface area contributed by atoms with Crippen LogP contribution in [0.25, 0.3) is 17.1 Å². The minimum Gasteiger partial charge on any atom is -0.508 e. The minimum atomic E-state index is 0.159. The van der Waals surface area contributed by atoms with E-state index in [1.165, 1.54) is 0 Å². The van der Waals surface area contributed by atoms with E-state index in [0.29, 0.717) is 17.2 Å². The van der Waals surface area contributed by atoms with Gasteiger partial charge in [-0.15, -0.1) is 5.10 Å². The fourth-order valence-corrected chi connectivity index (χ4v) is 1.84. The van der Waals surface area contributed by atoms with E-state index in [0.717, 1.165) is 5.56 Å². The van der Waals surface area contributed by atoms with Crippen LogP contribution in [0.4, 0.5) is 5.69 Å². The number of aromatic nitrogens is 4. The first-order chi connectivity index (χ1) is 9.24. The molecule has 1 heterocycles. The summed E-state index contributed by atoms with van der Waals surface area (Å²) >= 11 is 0. The molecule has 0 aliphatic rings. The van der Waals surface area contributed by atoms with Gasteiger partial charge in [0.25, 0.3) is 0 Å². The van der Waals surface area contributed by atoms with E-state index >= 15 is 0 Å². The Morgan fingerprint density at radius 1 is 1.05 bits per heavy atom. The zero-order valence-electron chi connectivity index (χ0n) is 9.93. The molecule has 3 rings (SSSR count). The topological polar surface area (TPSA) is 89.9 Å². The van der Waals surface area contributed by atoms with Gasteiger partial charge in [-0.2, -0.15) is 4.68 Å². The highest BCUT2D eigenvalue weighted by molar-refractivity contribution is 5.62. The molecule has 0 aliphatic carbocycles. The van der Waals surface area contributed by atoms with E-state index in [-0.39, 0.29) is 5.75 Å². The first-order valence-electron chi connectivity index (χ1n) is 5.68. The molecule has 3 N–H and O–H groups in total. The van der Waals surface area contributed by atoms with Crippen LogP contribution in [0.5, 0.6) is 5.75 Å². The second-order valence-corrected chi connectivity index (χ2v) is 4.06. The second-order valence-electron chi connectivity index (χ2n) is 4.06. The number of nitrogens with zero attached hydrogens (tertiary/aromatic N) is 4. The molecule has 0 saturated carbocycles. The van der Waals surface area contributed by atoms with E-state index in [4.69, 9.17) is 5.73 Å². The first-order valence-corrected chi connectivity index (χ1v) is 5.68. The number of nitrogen functional groups attached to an aromatic ring is 1. The molecule has 0 amide bonds. The molecule has 0 bridgehead atoms. The van der Waals surface area contributed by atoms with E-state index in [9.17, 15) is 5.11 Å². The van der Waals surface area contributed by atoms with Gasteiger partial charge in [0.05, 0.1) is 5.69 Å². The number of anilines is 1. The fourth-order valence-electron chi connectivity index (χ4n) is 1.84. The van der Waals surface area contributed by atoms with Crippen molar-refractivity contribution in [2.75, 3.05) is 5.73 Å². The maximum atomic E-state index is 9.52. The van der Waals surface area contributed by atoms with Gasteiger partial charge in [-0.05, 0) is 34.7 Å². The average Bonchev–Trinajstić information content (AvgIpc) is 2.88. The molecule has 3 aromatic rings. The zero-order valence-corrected chi connectivity index (χ0v) is 9.93. The molecule has 6 heteroatoms. The van der Waals surface area contributed by atoms with E-state index in [2.05, 4.69) is 15.5 Å². The summed E-state index contributed by atoms with van der Waals surface area (Å²) in [4.78, 5) is 0. The lowest BCUT2D eigenvalue weighted by molar-refractivity contribution is 0.475. The quantitative estimate of drug-likeness (QED) is 0.677. The largest absolute Gasteiger partial charge is 0.508 e. The summed E-state index contributed by atoms with van der Waals surface area (Å²) in [7, 11) is 0. The molecule has 0 atom stereocenters. The summed E-state index contributed by atoms with van der Waals surface area (Å²) in [6.45, 7) is 0. The van der Waals surface area contributed by atoms with Crippen LogP contribution in [-0.2, 0) is 0 Å². The van der Waals surface area contributed by atoms with Crippen LogP contribution in [0.2, 0.25) is 0 Å². The number of hydrogen-bond acceptors (Lipinski definition) is 5. The summed E-state index contributed by atoms with van der Waals surface area (Å²) in [6.07, 6.45) is 0. The minimum absolute atomic E-state index is 0.159. The molecule has 19 heavy (non-hydrogen) atoms. The summed E-state index contributed by atoms with van der Waals surface area (Å²) in [5.41, 5.74) is 7.90. The van der Waals surface area contributed by atoms with Crippen LogP contribution in [-0.4, -0.2) is 25.3 Å². The van der Waals surface area contributed by atoms with Gasteiger partial charge in [0.1, 0.15) is 5.75 Å². The predicted octanol–water partition coefficient (Wildman–Crippen LogP) is 1.62. The first kappa shape index (κ1) is 11.2. The Kier molecular flexibility index (Phi) is 2.60. The highest BCUT2D eigenvalue weighted by Gasteiger charge is 2.11. The Balaban J connectivity index is 2.13. The maximum Gasteiger partial charge on any atom is 0.187 e. The van der Waals surface area contributed by atoms with Crippen LogP contribution in [0, 0.1) is 0 Å². The fraction of sp³-hybridized carbons (Fsp3) is 0. The Bertz CT molecular complexity index is 662. The second kappa shape index (κ2) is 4.41. The third-order valence-corrected chi connectivity index (χ3v) is 2.69. The van der Waals surface area contributed by atoms with Gasteiger partial charge in [0.15, 0.2) is 5.82 Å². The number of hydrogen-bond donors (Lipinski definition) is 2. The smallest absolute Gasteiger partial charge is 0.187 e. The third-order valence-electron chi connectivity index (χ3n) is 2.69. The molecule has 6 nitrogen and oxygen atoms in total. The van der Waals surface area contributed by atoms with Gasteiger partial charge < -0.3 is 10.8 Å². The molecular weight excluding hydrogens is 242 g/mol. The van der Waals surface area contributed by atoms with Gasteiger partial charge in [-0.3, -0.25) is 0 Å². The van der Waals surface area contributed by atoms with Crippen molar-refractivity contribution in [3.8, 4) is 22.8 Å². The summed E-state index contributed by atoms with van der Waals surface area (Å²) in [5.74, 6) is 0.726. The number of nitrogens with two attached hydrogens (primary N) is 1. The van der Waals surface area contributed by atoms with Crippen LogP contribution in [0.3, 0.4) is 0 Å². The van der Waals surface area contributed by atoms with Gasteiger partial charge in [0, 0.05) is 17.3 Å². The summed E-state index contributed by atoms with van der Waals surface area (Å²) < 4.78 is 1.55. The number of benzene rings is 2. The zero-order chi connectivity index (χ0) is 13.2. The van der Waals surface area contributed by atoms with Crippen LogP contribution >= 0.6 is 0 Å². The lowest BCUT2D eigenvalue weighted by Crippen LogP contribution is -1.99.